The normalized spacial score (nSPS) is 21.1. The average molecular weight is 292 g/mol. The fraction of sp³-hybridized carbons (Fsp3) is 0.368. The van der Waals surface area contributed by atoms with E-state index in [4.69, 9.17) is 0 Å². The van der Waals surface area contributed by atoms with Crippen LogP contribution in [0.4, 0.5) is 0 Å². The Kier molecular flexibility index (Phi) is 3.41. The summed E-state index contributed by atoms with van der Waals surface area (Å²) in [6.45, 7) is 0.819. The highest BCUT2D eigenvalue weighted by molar-refractivity contribution is 5.81. The SMILES string of the molecule is O=C(C1CCC1)N1CCc2ccccc2C1c1ccncc1. The zero-order valence-corrected chi connectivity index (χ0v) is 12.6. The molecule has 1 amide bonds. The van der Waals surface area contributed by atoms with Crippen LogP contribution in [-0.2, 0) is 11.2 Å². The molecule has 2 aromatic rings. The van der Waals surface area contributed by atoms with Crippen molar-refractivity contribution in [1.82, 2.24) is 9.88 Å². The summed E-state index contributed by atoms with van der Waals surface area (Å²) in [6.07, 6.45) is 7.90. The van der Waals surface area contributed by atoms with Crippen molar-refractivity contribution in [3.63, 3.8) is 0 Å². The van der Waals surface area contributed by atoms with E-state index in [0.717, 1.165) is 31.4 Å². The number of hydrogen-bond donors (Lipinski definition) is 0. The third kappa shape index (κ3) is 2.21. The topological polar surface area (TPSA) is 33.2 Å². The second-order valence-electron chi connectivity index (χ2n) is 6.29. The number of rotatable bonds is 2. The molecule has 1 aromatic heterocycles. The lowest BCUT2D eigenvalue weighted by atomic mass is 9.81. The van der Waals surface area contributed by atoms with Crippen LogP contribution < -0.4 is 0 Å². The molecule has 1 aromatic carbocycles. The molecule has 0 radical (unpaired) electrons. The van der Waals surface area contributed by atoms with E-state index in [2.05, 4.69) is 34.1 Å². The smallest absolute Gasteiger partial charge is 0.226 e. The molecular formula is C19H20N2O. The molecule has 1 fully saturated rings. The lowest BCUT2D eigenvalue weighted by Crippen LogP contribution is -2.45. The summed E-state index contributed by atoms with van der Waals surface area (Å²) in [5.74, 6) is 0.581. The van der Waals surface area contributed by atoms with Crippen LogP contribution in [0.1, 0.15) is 42.0 Å². The minimum atomic E-state index is 0.0426. The molecule has 2 heterocycles. The molecular weight excluding hydrogens is 272 g/mol. The van der Waals surface area contributed by atoms with Crippen LogP contribution in [0, 0.1) is 5.92 Å². The third-order valence-electron chi connectivity index (χ3n) is 5.04. The third-order valence-corrected chi connectivity index (χ3v) is 5.04. The van der Waals surface area contributed by atoms with Crippen molar-refractivity contribution in [1.29, 1.82) is 0 Å². The first-order valence-electron chi connectivity index (χ1n) is 8.13. The Hall–Kier alpha value is -2.16. The number of aromatic nitrogens is 1. The predicted molar refractivity (Wildman–Crippen MR) is 85.3 cm³/mol. The Morgan fingerprint density at radius 1 is 1.09 bits per heavy atom. The summed E-state index contributed by atoms with van der Waals surface area (Å²) < 4.78 is 0. The van der Waals surface area contributed by atoms with Crippen LogP contribution in [0.2, 0.25) is 0 Å². The molecule has 3 heteroatoms. The van der Waals surface area contributed by atoms with Gasteiger partial charge in [0.1, 0.15) is 0 Å². The molecule has 1 unspecified atom stereocenters. The van der Waals surface area contributed by atoms with Gasteiger partial charge >= 0.3 is 0 Å². The highest BCUT2D eigenvalue weighted by Crippen LogP contribution is 2.38. The minimum Gasteiger partial charge on any atom is -0.331 e. The van der Waals surface area contributed by atoms with Crippen molar-refractivity contribution < 1.29 is 4.79 Å². The maximum Gasteiger partial charge on any atom is 0.226 e. The van der Waals surface area contributed by atoms with Crippen LogP contribution in [-0.4, -0.2) is 22.3 Å². The lowest BCUT2D eigenvalue weighted by molar-refractivity contribution is -0.140. The number of amides is 1. The Labute approximate surface area is 131 Å². The first-order chi connectivity index (χ1) is 10.8. The van der Waals surface area contributed by atoms with E-state index in [9.17, 15) is 4.79 Å². The van der Waals surface area contributed by atoms with Gasteiger partial charge in [0.25, 0.3) is 0 Å². The molecule has 0 saturated heterocycles. The summed E-state index contributed by atoms with van der Waals surface area (Å²) in [4.78, 5) is 19.1. The molecule has 0 bridgehead atoms. The van der Waals surface area contributed by atoms with Crippen LogP contribution in [0.25, 0.3) is 0 Å². The summed E-state index contributed by atoms with van der Waals surface area (Å²) in [6, 6.07) is 12.6. The molecule has 1 aliphatic heterocycles. The van der Waals surface area contributed by atoms with Gasteiger partial charge in [0.05, 0.1) is 6.04 Å². The number of carbonyl (C=O) groups is 1. The maximum absolute atomic E-state index is 12.9. The standard InChI is InChI=1S/C19H20N2O/c22-19(16-5-3-6-16)21-13-10-14-4-1-2-7-17(14)18(21)15-8-11-20-12-9-15/h1-2,4,7-9,11-12,16,18H,3,5-6,10,13H2. The average Bonchev–Trinajstić information content (AvgIpc) is 2.53. The van der Waals surface area contributed by atoms with Gasteiger partial charge in [-0.05, 0) is 48.1 Å². The lowest BCUT2D eigenvalue weighted by Gasteiger charge is -2.41. The van der Waals surface area contributed by atoms with E-state index < -0.39 is 0 Å². The van der Waals surface area contributed by atoms with Gasteiger partial charge in [0, 0.05) is 24.9 Å². The monoisotopic (exact) mass is 292 g/mol. The first kappa shape index (κ1) is 13.5. The number of fused-ring (bicyclic) bond motifs is 1. The van der Waals surface area contributed by atoms with Gasteiger partial charge in [-0.3, -0.25) is 9.78 Å². The largest absolute Gasteiger partial charge is 0.331 e. The van der Waals surface area contributed by atoms with Crippen molar-refractivity contribution in [2.75, 3.05) is 6.54 Å². The molecule has 2 aliphatic rings. The van der Waals surface area contributed by atoms with Crippen LogP contribution in [0.3, 0.4) is 0 Å². The Morgan fingerprint density at radius 2 is 1.86 bits per heavy atom. The summed E-state index contributed by atoms with van der Waals surface area (Å²) in [7, 11) is 0. The van der Waals surface area contributed by atoms with Gasteiger partial charge in [-0.1, -0.05) is 30.7 Å². The molecule has 112 valence electrons. The van der Waals surface area contributed by atoms with Crippen molar-refractivity contribution in [3.05, 3.63) is 65.5 Å². The summed E-state index contributed by atoms with van der Waals surface area (Å²) in [5.41, 5.74) is 3.80. The van der Waals surface area contributed by atoms with Gasteiger partial charge in [-0.15, -0.1) is 0 Å². The number of nitrogens with zero attached hydrogens (tertiary/aromatic N) is 2. The van der Waals surface area contributed by atoms with E-state index in [0.29, 0.717) is 5.91 Å². The van der Waals surface area contributed by atoms with Gasteiger partial charge in [-0.25, -0.2) is 0 Å². The van der Waals surface area contributed by atoms with Crippen molar-refractivity contribution in [3.8, 4) is 0 Å². The summed E-state index contributed by atoms with van der Waals surface area (Å²) >= 11 is 0. The fourth-order valence-corrected chi connectivity index (χ4v) is 3.60. The molecule has 1 aliphatic carbocycles. The maximum atomic E-state index is 12.9. The predicted octanol–water partition coefficient (Wildman–Crippen LogP) is 3.36. The number of hydrogen-bond acceptors (Lipinski definition) is 2. The van der Waals surface area contributed by atoms with Crippen LogP contribution in [0.5, 0.6) is 0 Å². The van der Waals surface area contributed by atoms with E-state index in [1.54, 1.807) is 0 Å². The van der Waals surface area contributed by atoms with Gasteiger partial charge in [-0.2, -0.15) is 0 Å². The first-order valence-corrected chi connectivity index (χ1v) is 8.13. The van der Waals surface area contributed by atoms with Crippen LogP contribution >= 0.6 is 0 Å². The van der Waals surface area contributed by atoms with E-state index in [1.165, 1.54) is 17.5 Å². The molecule has 4 rings (SSSR count). The molecule has 22 heavy (non-hydrogen) atoms. The zero-order valence-electron chi connectivity index (χ0n) is 12.6. The van der Waals surface area contributed by atoms with E-state index >= 15 is 0 Å². The zero-order chi connectivity index (χ0) is 14.9. The number of pyridine rings is 1. The highest BCUT2D eigenvalue weighted by atomic mass is 16.2. The van der Waals surface area contributed by atoms with Gasteiger partial charge < -0.3 is 4.90 Å². The molecule has 0 spiro atoms. The van der Waals surface area contributed by atoms with Crippen molar-refractivity contribution in [2.45, 2.75) is 31.7 Å². The molecule has 1 saturated carbocycles. The summed E-state index contributed by atoms with van der Waals surface area (Å²) in [5, 5.41) is 0. The number of benzene rings is 1. The second-order valence-corrected chi connectivity index (χ2v) is 6.29. The Balaban J connectivity index is 1.76. The Morgan fingerprint density at radius 3 is 2.59 bits per heavy atom. The highest BCUT2D eigenvalue weighted by Gasteiger charge is 2.36. The van der Waals surface area contributed by atoms with Crippen LogP contribution in [0.15, 0.2) is 48.8 Å². The van der Waals surface area contributed by atoms with Crippen molar-refractivity contribution >= 4 is 5.91 Å². The van der Waals surface area contributed by atoms with Crippen molar-refractivity contribution in [2.24, 2.45) is 5.92 Å². The van der Waals surface area contributed by atoms with E-state index in [1.807, 2.05) is 24.5 Å². The molecule has 1 atom stereocenters. The van der Waals surface area contributed by atoms with E-state index in [-0.39, 0.29) is 12.0 Å². The fourth-order valence-electron chi connectivity index (χ4n) is 3.60. The second kappa shape index (κ2) is 5.56. The minimum absolute atomic E-state index is 0.0426. The molecule has 3 nitrogen and oxygen atoms in total. The number of carbonyl (C=O) groups excluding carboxylic acids is 1. The quantitative estimate of drug-likeness (QED) is 0.850. The Bertz CT molecular complexity index is 679. The van der Waals surface area contributed by atoms with Gasteiger partial charge in [0.15, 0.2) is 0 Å². The molecule has 0 N–H and O–H groups in total. The van der Waals surface area contributed by atoms with Gasteiger partial charge in [0.2, 0.25) is 5.91 Å².